The van der Waals surface area contributed by atoms with E-state index in [2.05, 4.69) is 9.97 Å². The molecule has 2 aromatic rings. The summed E-state index contributed by atoms with van der Waals surface area (Å²) in [4.78, 5) is 9.39. The second-order valence-electron chi connectivity index (χ2n) is 2.37. The lowest BCUT2D eigenvalue weighted by Gasteiger charge is -1.99. The molecule has 0 atom stereocenters. The molecule has 0 bridgehead atoms. The highest BCUT2D eigenvalue weighted by atomic mass is 32.2. The van der Waals surface area contributed by atoms with Crippen LogP contribution in [0.15, 0.2) is 22.8 Å². The van der Waals surface area contributed by atoms with E-state index in [-0.39, 0.29) is 0 Å². The van der Waals surface area contributed by atoms with Crippen molar-refractivity contribution in [3.8, 4) is 0 Å². The van der Waals surface area contributed by atoms with Crippen molar-refractivity contribution in [1.82, 2.24) is 9.97 Å². The minimum atomic E-state index is 0.627. The summed E-state index contributed by atoms with van der Waals surface area (Å²) in [6.07, 6.45) is 1.59. The molecule has 0 aliphatic carbocycles. The topological polar surface area (TPSA) is 35.0 Å². The molecule has 0 aliphatic heterocycles. The summed E-state index contributed by atoms with van der Waals surface area (Å²) in [5, 5.41) is 4.14. The summed E-state index contributed by atoms with van der Waals surface area (Å²) in [5.41, 5.74) is 0. The number of hydrogen-bond donors (Lipinski definition) is 0. The average molecular weight is 212 g/mol. The van der Waals surface area contributed by atoms with E-state index < -0.39 is 0 Å². The number of hydrogen-bond acceptors (Lipinski definition) is 5. The number of fused-ring (bicyclic) bond motifs is 1. The lowest BCUT2D eigenvalue weighted by Crippen LogP contribution is -1.86. The van der Waals surface area contributed by atoms with Crippen molar-refractivity contribution in [2.24, 2.45) is 0 Å². The molecule has 68 valence electrons. The van der Waals surface area contributed by atoms with E-state index in [0.29, 0.717) is 5.94 Å². The molecule has 2 rings (SSSR count). The standard InChI is InChI=1S/C8H8N2OS2/c1-11-5-13-8-6-2-3-12-7(6)9-4-10-8/h2-4H,5H2,1H3. The number of ether oxygens (including phenoxy) is 1. The molecule has 0 unspecified atom stereocenters. The van der Waals surface area contributed by atoms with E-state index in [4.69, 9.17) is 4.74 Å². The van der Waals surface area contributed by atoms with Crippen LogP contribution in [0.1, 0.15) is 0 Å². The van der Waals surface area contributed by atoms with Crippen LogP contribution in [0, 0.1) is 0 Å². The highest BCUT2D eigenvalue weighted by Crippen LogP contribution is 2.27. The van der Waals surface area contributed by atoms with Gasteiger partial charge in [0.15, 0.2) is 0 Å². The maximum atomic E-state index is 4.98. The molecule has 3 nitrogen and oxygen atoms in total. The van der Waals surface area contributed by atoms with Crippen LogP contribution < -0.4 is 0 Å². The fourth-order valence-corrected chi connectivity index (χ4v) is 2.47. The molecule has 0 saturated heterocycles. The number of rotatable bonds is 3. The summed E-state index contributed by atoms with van der Waals surface area (Å²) < 4.78 is 4.98. The first kappa shape index (κ1) is 8.93. The average Bonchev–Trinajstić information content (AvgIpc) is 2.62. The Balaban J connectivity index is 2.37. The van der Waals surface area contributed by atoms with E-state index in [9.17, 15) is 0 Å². The first-order valence-electron chi connectivity index (χ1n) is 3.72. The predicted octanol–water partition coefficient (Wildman–Crippen LogP) is 2.39. The van der Waals surface area contributed by atoms with E-state index in [0.717, 1.165) is 15.2 Å². The smallest absolute Gasteiger partial charge is 0.127 e. The molecule has 0 radical (unpaired) electrons. The van der Waals surface area contributed by atoms with E-state index in [1.165, 1.54) is 0 Å². The molecule has 0 N–H and O–H groups in total. The van der Waals surface area contributed by atoms with Gasteiger partial charge in [0.25, 0.3) is 0 Å². The Morgan fingerprint density at radius 3 is 3.31 bits per heavy atom. The first-order valence-corrected chi connectivity index (χ1v) is 5.58. The van der Waals surface area contributed by atoms with Crippen molar-refractivity contribution in [1.29, 1.82) is 0 Å². The van der Waals surface area contributed by atoms with Crippen LogP contribution in [0.4, 0.5) is 0 Å². The molecule has 0 saturated carbocycles. The van der Waals surface area contributed by atoms with Gasteiger partial charge in [-0.15, -0.1) is 11.3 Å². The molecule has 0 aromatic carbocycles. The van der Waals surface area contributed by atoms with Crippen molar-refractivity contribution < 1.29 is 4.74 Å². The third-order valence-electron chi connectivity index (χ3n) is 1.54. The van der Waals surface area contributed by atoms with Crippen LogP contribution in [0.2, 0.25) is 0 Å². The van der Waals surface area contributed by atoms with Crippen LogP contribution >= 0.6 is 23.1 Å². The molecule has 2 heterocycles. The van der Waals surface area contributed by atoms with Crippen molar-refractivity contribution in [2.45, 2.75) is 5.03 Å². The molecular weight excluding hydrogens is 204 g/mol. The molecule has 0 aliphatic rings. The fraction of sp³-hybridized carbons (Fsp3) is 0.250. The summed E-state index contributed by atoms with van der Waals surface area (Å²) in [6, 6.07) is 2.04. The molecule has 0 fully saturated rings. The lowest BCUT2D eigenvalue weighted by atomic mass is 10.4. The molecule has 13 heavy (non-hydrogen) atoms. The molecule has 0 amide bonds. The summed E-state index contributed by atoms with van der Waals surface area (Å²) in [6.45, 7) is 0. The minimum Gasteiger partial charge on any atom is -0.374 e. The Kier molecular flexibility index (Phi) is 2.77. The Labute approximate surface area is 84.2 Å². The number of thioether (sulfide) groups is 1. The molecule has 2 aromatic heterocycles. The largest absolute Gasteiger partial charge is 0.374 e. The Morgan fingerprint density at radius 1 is 1.54 bits per heavy atom. The third kappa shape index (κ3) is 1.82. The van der Waals surface area contributed by atoms with Gasteiger partial charge in [-0.3, -0.25) is 0 Å². The van der Waals surface area contributed by atoms with Crippen LogP contribution in [-0.2, 0) is 4.74 Å². The molecule has 5 heteroatoms. The van der Waals surface area contributed by atoms with Gasteiger partial charge in [0.1, 0.15) is 16.2 Å². The van der Waals surface area contributed by atoms with Crippen molar-refractivity contribution in [3.05, 3.63) is 17.8 Å². The highest BCUT2D eigenvalue weighted by Gasteiger charge is 2.03. The van der Waals surface area contributed by atoms with Gasteiger partial charge in [0.2, 0.25) is 0 Å². The number of thiophene rings is 1. The van der Waals surface area contributed by atoms with Crippen LogP contribution in [0.25, 0.3) is 10.2 Å². The zero-order valence-corrected chi connectivity index (χ0v) is 8.69. The maximum absolute atomic E-state index is 4.98. The quantitative estimate of drug-likeness (QED) is 0.444. The second kappa shape index (κ2) is 4.04. The van der Waals surface area contributed by atoms with Crippen molar-refractivity contribution in [3.63, 3.8) is 0 Å². The molecule has 0 spiro atoms. The Bertz CT molecular complexity index is 402. The number of methoxy groups -OCH3 is 1. The predicted molar refractivity (Wildman–Crippen MR) is 55.1 cm³/mol. The minimum absolute atomic E-state index is 0.627. The zero-order valence-electron chi connectivity index (χ0n) is 7.06. The summed E-state index contributed by atoms with van der Waals surface area (Å²) in [5.74, 6) is 0.627. The number of aromatic nitrogens is 2. The van der Waals surface area contributed by atoms with Gasteiger partial charge in [-0.1, -0.05) is 11.8 Å². The Morgan fingerprint density at radius 2 is 2.46 bits per heavy atom. The summed E-state index contributed by atoms with van der Waals surface area (Å²) in [7, 11) is 1.68. The zero-order chi connectivity index (χ0) is 9.10. The van der Waals surface area contributed by atoms with Gasteiger partial charge >= 0.3 is 0 Å². The van der Waals surface area contributed by atoms with E-state index in [1.54, 1.807) is 36.5 Å². The fourth-order valence-electron chi connectivity index (χ4n) is 0.997. The van der Waals surface area contributed by atoms with Gasteiger partial charge in [0, 0.05) is 12.5 Å². The van der Waals surface area contributed by atoms with Crippen LogP contribution in [0.5, 0.6) is 0 Å². The van der Waals surface area contributed by atoms with E-state index in [1.807, 2.05) is 11.4 Å². The Hall–Kier alpha value is -0.650. The number of nitrogens with zero attached hydrogens (tertiary/aromatic N) is 2. The third-order valence-corrected chi connectivity index (χ3v) is 3.31. The van der Waals surface area contributed by atoms with Crippen molar-refractivity contribution >= 4 is 33.3 Å². The SMILES string of the molecule is COCSc1ncnc2sccc12. The van der Waals surface area contributed by atoms with Crippen LogP contribution in [0.3, 0.4) is 0 Å². The molecular formula is C8H8N2OS2. The summed E-state index contributed by atoms with van der Waals surface area (Å²) >= 11 is 3.22. The van der Waals surface area contributed by atoms with Gasteiger partial charge in [-0.2, -0.15) is 0 Å². The van der Waals surface area contributed by atoms with Gasteiger partial charge in [-0.05, 0) is 11.4 Å². The van der Waals surface area contributed by atoms with E-state index >= 15 is 0 Å². The highest BCUT2D eigenvalue weighted by molar-refractivity contribution is 7.99. The monoisotopic (exact) mass is 212 g/mol. The maximum Gasteiger partial charge on any atom is 0.127 e. The normalized spacial score (nSPS) is 10.8. The van der Waals surface area contributed by atoms with Crippen molar-refractivity contribution in [2.75, 3.05) is 13.0 Å². The first-order chi connectivity index (χ1) is 6.42. The van der Waals surface area contributed by atoms with Gasteiger partial charge < -0.3 is 4.74 Å². The van der Waals surface area contributed by atoms with Gasteiger partial charge in [0.05, 0.1) is 5.94 Å². The van der Waals surface area contributed by atoms with Gasteiger partial charge in [-0.25, -0.2) is 9.97 Å². The van der Waals surface area contributed by atoms with Crippen LogP contribution in [-0.4, -0.2) is 23.0 Å². The lowest BCUT2D eigenvalue weighted by molar-refractivity contribution is 0.258. The second-order valence-corrected chi connectivity index (χ2v) is 4.17.